The van der Waals surface area contributed by atoms with Gasteiger partial charge >= 0.3 is 5.97 Å². The van der Waals surface area contributed by atoms with Gasteiger partial charge in [0, 0.05) is 17.1 Å². The van der Waals surface area contributed by atoms with Gasteiger partial charge in [-0.2, -0.15) is 0 Å². The average Bonchev–Trinajstić information content (AvgIpc) is 2.72. The molecule has 0 saturated carbocycles. The summed E-state index contributed by atoms with van der Waals surface area (Å²) in [4.78, 5) is 25.9. The Morgan fingerprint density at radius 1 is 1.29 bits per heavy atom. The third-order valence-electron chi connectivity index (χ3n) is 2.67. The normalized spacial score (nSPS) is 12.4. The zero-order valence-electron chi connectivity index (χ0n) is 9.69. The third kappa shape index (κ3) is 2.20. The number of benzene rings is 1. The van der Waals surface area contributed by atoms with E-state index < -0.39 is 12.1 Å². The van der Waals surface area contributed by atoms with Crippen molar-refractivity contribution in [3.8, 4) is 0 Å². The molecule has 1 aromatic heterocycles. The smallest absolute Gasteiger partial charge is 0.341 e. The van der Waals surface area contributed by atoms with Gasteiger partial charge in [0.05, 0.1) is 5.56 Å². The predicted octanol–water partition coefficient (Wildman–Crippen LogP) is 2.30. The highest BCUT2D eigenvalue weighted by molar-refractivity contribution is 6.04. The number of ketones is 1. The number of aromatic nitrogens is 1. The monoisotopic (exact) mass is 231 g/mol. The Morgan fingerprint density at radius 3 is 2.71 bits per heavy atom. The van der Waals surface area contributed by atoms with Gasteiger partial charge in [-0.15, -0.1) is 0 Å². The highest BCUT2D eigenvalue weighted by atomic mass is 16.5. The first-order chi connectivity index (χ1) is 8.09. The molecule has 1 N–H and O–H groups in total. The lowest BCUT2D eigenvalue weighted by Gasteiger charge is -2.08. The number of esters is 1. The molecular formula is C13H13NO3. The number of Topliss-reactive ketones (excluding diaryl/α,β-unsaturated/α-hetero) is 1. The quantitative estimate of drug-likeness (QED) is 0.824. The molecule has 4 heteroatoms. The summed E-state index contributed by atoms with van der Waals surface area (Å²) < 4.78 is 5.06. The Morgan fingerprint density at radius 2 is 2.00 bits per heavy atom. The van der Waals surface area contributed by atoms with Crippen LogP contribution in [0.4, 0.5) is 0 Å². The lowest BCUT2D eigenvalue weighted by molar-refractivity contribution is -0.124. The van der Waals surface area contributed by atoms with Gasteiger partial charge in [0.2, 0.25) is 0 Å². The topological polar surface area (TPSA) is 59.2 Å². The highest BCUT2D eigenvalue weighted by Gasteiger charge is 2.18. The summed E-state index contributed by atoms with van der Waals surface area (Å²) in [6.07, 6.45) is 0.885. The van der Waals surface area contributed by atoms with E-state index in [1.807, 2.05) is 24.3 Å². The van der Waals surface area contributed by atoms with E-state index in [4.69, 9.17) is 4.74 Å². The maximum absolute atomic E-state index is 11.8. The molecule has 2 rings (SSSR count). The molecule has 0 aliphatic carbocycles. The minimum absolute atomic E-state index is 0.168. The third-order valence-corrected chi connectivity index (χ3v) is 2.67. The number of para-hydroxylation sites is 1. The van der Waals surface area contributed by atoms with Crippen LogP contribution in [0.2, 0.25) is 0 Å². The first kappa shape index (κ1) is 11.4. The second-order valence-electron chi connectivity index (χ2n) is 3.91. The van der Waals surface area contributed by atoms with Crippen LogP contribution in [0.15, 0.2) is 30.5 Å². The molecule has 1 aromatic carbocycles. The first-order valence-electron chi connectivity index (χ1n) is 5.37. The summed E-state index contributed by atoms with van der Waals surface area (Å²) in [5, 5.41) is 0.799. The number of hydrogen-bond donors (Lipinski definition) is 1. The van der Waals surface area contributed by atoms with Crippen LogP contribution < -0.4 is 0 Å². The van der Waals surface area contributed by atoms with Crippen molar-refractivity contribution in [3.63, 3.8) is 0 Å². The molecule has 0 saturated heterocycles. The van der Waals surface area contributed by atoms with Crippen LogP contribution in [0.25, 0.3) is 10.9 Å². The van der Waals surface area contributed by atoms with Crippen LogP contribution in [0, 0.1) is 0 Å². The summed E-state index contributed by atoms with van der Waals surface area (Å²) in [6, 6.07) is 7.44. The summed E-state index contributed by atoms with van der Waals surface area (Å²) in [6.45, 7) is 2.96. The second kappa shape index (κ2) is 4.41. The molecule has 1 unspecified atom stereocenters. The summed E-state index contributed by atoms with van der Waals surface area (Å²) in [5.74, 6) is -0.650. The van der Waals surface area contributed by atoms with Crippen molar-refractivity contribution < 1.29 is 14.3 Å². The van der Waals surface area contributed by atoms with E-state index in [2.05, 4.69) is 4.98 Å². The molecule has 2 aromatic rings. The number of carbonyl (C=O) groups is 2. The fourth-order valence-corrected chi connectivity index (χ4v) is 1.55. The fourth-order valence-electron chi connectivity index (χ4n) is 1.55. The minimum atomic E-state index is -0.712. The van der Waals surface area contributed by atoms with Crippen LogP contribution in [-0.2, 0) is 9.53 Å². The fraction of sp³-hybridized carbons (Fsp3) is 0.231. The van der Waals surface area contributed by atoms with Crippen LogP contribution in [-0.4, -0.2) is 22.8 Å². The van der Waals surface area contributed by atoms with Gasteiger partial charge < -0.3 is 9.72 Å². The molecule has 0 amide bonds. The molecule has 0 radical (unpaired) electrons. The number of rotatable bonds is 3. The lowest BCUT2D eigenvalue weighted by atomic mass is 10.2. The van der Waals surface area contributed by atoms with Gasteiger partial charge in [-0.1, -0.05) is 18.2 Å². The molecule has 0 fully saturated rings. The van der Waals surface area contributed by atoms with Gasteiger partial charge in [-0.25, -0.2) is 4.79 Å². The van der Waals surface area contributed by atoms with E-state index >= 15 is 0 Å². The van der Waals surface area contributed by atoms with Crippen molar-refractivity contribution in [2.24, 2.45) is 0 Å². The molecule has 1 heterocycles. The number of nitrogens with one attached hydrogen (secondary N) is 1. The average molecular weight is 231 g/mol. The number of carbonyl (C=O) groups excluding carboxylic acids is 2. The lowest BCUT2D eigenvalue weighted by Crippen LogP contribution is -2.21. The number of hydrogen-bond acceptors (Lipinski definition) is 3. The predicted molar refractivity (Wildman–Crippen MR) is 63.9 cm³/mol. The van der Waals surface area contributed by atoms with Crippen LogP contribution in [0.5, 0.6) is 0 Å². The van der Waals surface area contributed by atoms with E-state index in [1.54, 1.807) is 13.1 Å². The van der Waals surface area contributed by atoms with Crippen LogP contribution in [0.3, 0.4) is 0 Å². The second-order valence-corrected chi connectivity index (χ2v) is 3.91. The van der Waals surface area contributed by atoms with Crippen LogP contribution >= 0.6 is 0 Å². The summed E-state index contributed by atoms with van der Waals surface area (Å²) in [5.41, 5.74) is 1.32. The van der Waals surface area contributed by atoms with Crippen molar-refractivity contribution >= 4 is 22.7 Å². The van der Waals surface area contributed by atoms with Gasteiger partial charge in [-0.05, 0) is 19.9 Å². The molecule has 0 bridgehead atoms. The highest BCUT2D eigenvalue weighted by Crippen LogP contribution is 2.18. The van der Waals surface area contributed by atoms with Crippen molar-refractivity contribution in [2.45, 2.75) is 20.0 Å². The first-order valence-corrected chi connectivity index (χ1v) is 5.37. The van der Waals surface area contributed by atoms with Crippen LogP contribution in [0.1, 0.15) is 24.2 Å². The Bertz CT molecular complexity index is 571. The SMILES string of the molecule is CC(=O)C(C)OC(=O)c1c[nH]c2ccccc12. The van der Waals surface area contributed by atoms with E-state index in [9.17, 15) is 9.59 Å². The number of fused-ring (bicyclic) bond motifs is 1. The van der Waals surface area contributed by atoms with E-state index in [-0.39, 0.29) is 5.78 Å². The minimum Gasteiger partial charge on any atom is -0.451 e. The molecule has 1 atom stereocenters. The number of ether oxygens (including phenoxy) is 1. The summed E-state index contributed by atoms with van der Waals surface area (Å²) >= 11 is 0. The van der Waals surface area contributed by atoms with Gasteiger partial charge in [-0.3, -0.25) is 4.79 Å². The van der Waals surface area contributed by atoms with Crippen molar-refractivity contribution in [1.29, 1.82) is 0 Å². The van der Waals surface area contributed by atoms with Gasteiger partial charge in [0.15, 0.2) is 11.9 Å². The zero-order valence-corrected chi connectivity index (χ0v) is 9.69. The molecule has 17 heavy (non-hydrogen) atoms. The molecule has 0 spiro atoms. The Kier molecular flexibility index (Phi) is 2.95. The molecule has 0 aliphatic rings. The molecular weight excluding hydrogens is 218 g/mol. The molecule has 88 valence electrons. The zero-order chi connectivity index (χ0) is 12.4. The van der Waals surface area contributed by atoms with Gasteiger partial charge in [0.25, 0.3) is 0 Å². The van der Waals surface area contributed by atoms with E-state index in [0.29, 0.717) is 5.56 Å². The Balaban J connectivity index is 2.28. The molecule has 4 nitrogen and oxygen atoms in total. The maximum Gasteiger partial charge on any atom is 0.341 e. The largest absolute Gasteiger partial charge is 0.451 e. The van der Waals surface area contributed by atoms with E-state index in [0.717, 1.165) is 10.9 Å². The van der Waals surface area contributed by atoms with Crippen molar-refractivity contribution in [1.82, 2.24) is 4.98 Å². The maximum atomic E-state index is 11.8. The number of H-pyrrole nitrogens is 1. The summed E-state index contributed by atoms with van der Waals surface area (Å²) in [7, 11) is 0. The van der Waals surface area contributed by atoms with Gasteiger partial charge in [0.1, 0.15) is 0 Å². The van der Waals surface area contributed by atoms with E-state index in [1.165, 1.54) is 6.92 Å². The van der Waals surface area contributed by atoms with Crippen molar-refractivity contribution in [2.75, 3.05) is 0 Å². The Labute approximate surface area is 98.6 Å². The standard InChI is InChI=1S/C13H13NO3/c1-8(15)9(2)17-13(16)11-7-14-12-6-4-3-5-10(11)12/h3-7,9,14H,1-2H3. The Hall–Kier alpha value is -2.10. The molecule has 0 aliphatic heterocycles. The number of aromatic amines is 1. The van der Waals surface area contributed by atoms with Crippen molar-refractivity contribution in [3.05, 3.63) is 36.0 Å².